The number of methoxy groups -OCH3 is 1. The molecule has 2 aromatic rings. The Hall–Kier alpha value is -3.11. The zero-order chi connectivity index (χ0) is 23.3. The minimum absolute atomic E-state index is 0.0324. The number of hydrogen-bond acceptors (Lipinski definition) is 5. The van der Waals surface area contributed by atoms with E-state index in [0.717, 1.165) is 21.2 Å². The van der Waals surface area contributed by atoms with Gasteiger partial charge in [-0.1, -0.05) is 24.3 Å². The van der Waals surface area contributed by atoms with Crippen molar-refractivity contribution in [3.8, 4) is 16.9 Å². The number of anilines is 1. The number of carbonyl (C=O) groups is 2. The van der Waals surface area contributed by atoms with Gasteiger partial charge in [-0.15, -0.1) is 0 Å². The second-order valence-corrected chi connectivity index (χ2v) is 8.15. The number of nitrogens with zero attached hydrogens (tertiary/aromatic N) is 2. The maximum atomic E-state index is 13.0. The molecule has 10 heteroatoms. The second kappa shape index (κ2) is 10.0. The summed E-state index contributed by atoms with van der Waals surface area (Å²) in [4.78, 5) is 25.5. The minimum Gasteiger partial charge on any atom is -0.497 e. The van der Waals surface area contributed by atoms with Crippen LogP contribution in [0.5, 0.6) is 5.75 Å². The third-order valence-corrected chi connectivity index (χ3v) is 6.46. The van der Waals surface area contributed by atoms with Gasteiger partial charge in [0.1, 0.15) is 5.75 Å². The number of ether oxygens (including phenoxy) is 2. The van der Waals surface area contributed by atoms with Gasteiger partial charge in [-0.3, -0.25) is 8.86 Å². The Morgan fingerprint density at radius 1 is 1.06 bits per heavy atom. The molecule has 1 aliphatic heterocycles. The Kier molecular flexibility index (Phi) is 7.37. The van der Waals surface area contributed by atoms with E-state index >= 15 is 0 Å². The first-order valence-electron chi connectivity index (χ1n) is 10.1. The Balaban J connectivity index is 1.95. The molecule has 0 radical (unpaired) electrons. The van der Waals surface area contributed by atoms with Crippen LogP contribution in [0.4, 0.5) is 10.5 Å². The van der Waals surface area contributed by atoms with Crippen LogP contribution >= 0.6 is 0 Å². The molecular weight excluding hydrogens is 436 g/mol. The summed E-state index contributed by atoms with van der Waals surface area (Å²) in [5, 5.41) is 9.27. The van der Waals surface area contributed by atoms with Crippen molar-refractivity contribution in [1.82, 2.24) is 4.90 Å². The van der Waals surface area contributed by atoms with Crippen LogP contribution in [0.2, 0.25) is 0 Å². The molecule has 9 nitrogen and oxygen atoms in total. The molecule has 1 saturated heterocycles. The van der Waals surface area contributed by atoms with E-state index < -0.39 is 28.9 Å². The van der Waals surface area contributed by atoms with Gasteiger partial charge in [-0.25, -0.2) is 13.8 Å². The normalized spacial score (nSPS) is 16.2. The number of benzene rings is 2. The van der Waals surface area contributed by atoms with Crippen LogP contribution < -0.4 is 9.04 Å². The van der Waals surface area contributed by atoms with E-state index in [9.17, 15) is 23.5 Å². The Morgan fingerprint density at radius 3 is 2.03 bits per heavy atom. The lowest BCUT2D eigenvalue weighted by molar-refractivity contribution is -0.151. The second-order valence-electron chi connectivity index (χ2n) is 7.32. The smallest absolute Gasteiger partial charge is 0.407 e. The highest BCUT2D eigenvalue weighted by molar-refractivity contribution is 7.80. The zero-order valence-electron chi connectivity index (χ0n) is 17.9. The molecule has 32 heavy (non-hydrogen) atoms. The molecule has 0 spiro atoms. The zero-order valence-corrected chi connectivity index (χ0v) is 18.7. The van der Waals surface area contributed by atoms with Crippen LogP contribution in [0.3, 0.4) is 0 Å². The van der Waals surface area contributed by atoms with Gasteiger partial charge in [-0.2, -0.15) is 0 Å². The number of likely N-dealkylation sites (tertiary alicyclic amines) is 1. The molecule has 1 atom stereocenters. The average molecular weight is 463 g/mol. The Bertz CT molecular complexity index is 971. The first-order valence-corrected chi connectivity index (χ1v) is 11.2. The van der Waals surface area contributed by atoms with Crippen LogP contribution in [0, 0.1) is 0 Å². The van der Waals surface area contributed by atoms with Crippen LogP contribution in [-0.4, -0.2) is 63.2 Å². The summed E-state index contributed by atoms with van der Waals surface area (Å²) in [5.41, 5.74) is 0.721. The molecule has 172 valence electrons. The van der Waals surface area contributed by atoms with E-state index in [2.05, 4.69) is 0 Å². The predicted molar refractivity (Wildman–Crippen MR) is 120 cm³/mol. The molecule has 1 aliphatic rings. The number of piperidine rings is 1. The first kappa shape index (κ1) is 23.6. The maximum absolute atomic E-state index is 13.0. The molecule has 0 saturated carbocycles. The molecule has 0 aromatic heterocycles. The van der Waals surface area contributed by atoms with Gasteiger partial charge in [0.2, 0.25) is 0 Å². The van der Waals surface area contributed by atoms with Crippen molar-refractivity contribution in [2.75, 3.05) is 31.1 Å². The highest BCUT2D eigenvalue weighted by atomic mass is 32.2. The first-order chi connectivity index (χ1) is 15.3. The van der Waals surface area contributed by atoms with Crippen molar-refractivity contribution in [1.29, 1.82) is 0 Å². The van der Waals surface area contributed by atoms with Gasteiger partial charge in [0, 0.05) is 25.9 Å². The molecular formula is C22H26N2O7S. The largest absolute Gasteiger partial charge is 0.497 e. The molecule has 1 amide bonds. The minimum atomic E-state index is -2.54. The monoisotopic (exact) mass is 462 g/mol. The fraction of sp³-hybridized carbons (Fsp3) is 0.364. The van der Waals surface area contributed by atoms with Crippen LogP contribution in [0.25, 0.3) is 11.1 Å². The highest BCUT2D eigenvalue weighted by Gasteiger charge is 2.51. The summed E-state index contributed by atoms with van der Waals surface area (Å²) in [6.07, 6.45) is -1.03. The van der Waals surface area contributed by atoms with E-state index in [1.54, 1.807) is 38.3 Å². The highest BCUT2D eigenvalue weighted by Crippen LogP contribution is 2.37. The number of esters is 1. The van der Waals surface area contributed by atoms with Crippen LogP contribution in [0.15, 0.2) is 48.5 Å². The topological polar surface area (TPSA) is 117 Å². The van der Waals surface area contributed by atoms with Gasteiger partial charge in [0.05, 0.1) is 19.4 Å². The molecule has 1 unspecified atom stereocenters. The summed E-state index contributed by atoms with van der Waals surface area (Å²) < 4.78 is 34.1. The van der Waals surface area contributed by atoms with E-state index in [0.29, 0.717) is 5.69 Å². The number of carbonyl (C=O) groups excluding carboxylic acids is 1. The summed E-state index contributed by atoms with van der Waals surface area (Å²) in [7, 11) is 1.59. The molecule has 0 bridgehead atoms. The molecule has 3 rings (SSSR count). The van der Waals surface area contributed by atoms with E-state index in [4.69, 9.17) is 9.47 Å². The third kappa shape index (κ3) is 4.71. The fourth-order valence-electron chi connectivity index (χ4n) is 3.88. The maximum Gasteiger partial charge on any atom is 0.407 e. The molecule has 1 fully saturated rings. The van der Waals surface area contributed by atoms with Gasteiger partial charge < -0.3 is 19.5 Å². The van der Waals surface area contributed by atoms with E-state index in [-0.39, 0.29) is 32.5 Å². The average Bonchev–Trinajstić information content (AvgIpc) is 2.80. The fourth-order valence-corrected chi connectivity index (χ4v) is 4.74. The van der Waals surface area contributed by atoms with Gasteiger partial charge in [0.15, 0.2) is 5.54 Å². The van der Waals surface area contributed by atoms with Gasteiger partial charge in [0.25, 0.3) is 11.3 Å². The quantitative estimate of drug-likeness (QED) is 0.479. The van der Waals surface area contributed by atoms with Crippen molar-refractivity contribution >= 4 is 29.0 Å². The Labute approximate surface area is 189 Å². The van der Waals surface area contributed by atoms with Crippen molar-refractivity contribution in [3.63, 3.8) is 0 Å². The van der Waals surface area contributed by atoms with Crippen molar-refractivity contribution in [2.45, 2.75) is 25.3 Å². The van der Waals surface area contributed by atoms with Crippen LogP contribution in [-0.2, 0) is 20.8 Å². The van der Waals surface area contributed by atoms with Crippen molar-refractivity contribution < 1.29 is 32.9 Å². The van der Waals surface area contributed by atoms with Crippen molar-refractivity contribution in [2.24, 2.45) is 0 Å². The van der Waals surface area contributed by atoms with Gasteiger partial charge in [-0.05, 0) is 42.3 Å². The van der Waals surface area contributed by atoms with Crippen molar-refractivity contribution in [3.05, 3.63) is 48.5 Å². The van der Waals surface area contributed by atoms with Crippen LogP contribution in [0.1, 0.15) is 19.8 Å². The lowest BCUT2D eigenvalue weighted by Gasteiger charge is -2.44. The molecule has 2 N–H and O–H groups in total. The number of rotatable bonds is 7. The van der Waals surface area contributed by atoms with E-state index in [1.807, 2.05) is 24.3 Å². The molecule has 2 aromatic carbocycles. The standard InChI is InChI=1S/C22H26N2O7S/c1-3-31-20(25)22(12-14-23(15-13-22)21(26)27)24(32(28)29)18-8-4-16(5-9-18)17-6-10-19(30-2)11-7-17/h4-11H,3,12-15H2,1-2H3,(H,26,27)(H,28,29). The SMILES string of the molecule is CCOC(=O)C1(N(c2ccc(-c3ccc(OC)cc3)cc2)S(=O)O)CCN(C(=O)O)CC1. The summed E-state index contributed by atoms with van der Waals surface area (Å²) >= 11 is -2.54. The van der Waals surface area contributed by atoms with Gasteiger partial charge >= 0.3 is 12.1 Å². The lowest BCUT2D eigenvalue weighted by atomic mass is 9.87. The number of carboxylic acid groups (broad SMARTS) is 1. The molecule has 1 heterocycles. The third-order valence-electron chi connectivity index (χ3n) is 5.59. The summed E-state index contributed by atoms with van der Waals surface area (Å²) in [5.74, 6) is 0.0861. The number of hydrogen-bond donors (Lipinski definition) is 2. The Morgan fingerprint density at radius 2 is 1.59 bits per heavy atom. The van der Waals surface area contributed by atoms with E-state index in [1.165, 1.54) is 4.90 Å². The lowest BCUT2D eigenvalue weighted by Crippen LogP contribution is -2.62. The summed E-state index contributed by atoms with van der Waals surface area (Å²) in [6, 6.07) is 14.4. The number of amides is 1. The predicted octanol–water partition coefficient (Wildman–Crippen LogP) is 3.38. The molecule has 0 aliphatic carbocycles. The summed E-state index contributed by atoms with van der Waals surface area (Å²) in [6.45, 7) is 1.85.